The number of nitrogens with zero attached hydrogens (tertiary/aromatic N) is 2. The highest BCUT2D eigenvalue weighted by molar-refractivity contribution is 5.65. The van der Waals surface area contributed by atoms with Gasteiger partial charge in [0.25, 0.3) is 0 Å². The highest BCUT2D eigenvalue weighted by atomic mass is 16.5. The number of methoxy groups -OCH3 is 1. The third kappa shape index (κ3) is 1.91. The first-order valence-electron chi connectivity index (χ1n) is 5.45. The molecule has 2 aromatic rings. The lowest BCUT2D eigenvalue weighted by Crippen LogP contribution is -2.00. The summed E-state index contributed by atoms with van der Waals surface area (Å²) in [6.07, 6.45) is 0. The van der Waals surface area contributed by atoms with Crippen molar-refractivity contribution in [2.75, 3.05) is 7.11 Å². The molecule has 4 nitrogen and oxygen atoms in total. The van der Waals surface area contributed by atoms with Crippen LogP contribution in [0.1, 0.15) is 11.4 Å². The lowest BCUT2D eigenvalue weighted by Gasteiger charge is -2.08. The van der Waals surface area contributed by atoms with Gasteiger partial charge < -0.3 is 14.4 Å². The van der Waals surface area contributed by atoms with Crippen molar-refractivity contribution in [2.45, 2.75) is 13.5 Å². The number of aryl methyl sites for hydroxylation is 1. The Morgan fingerprint density at radius 1 is 1.35 bits per heavy atom. The molecule has 0 aliphatic carbocycles. The van der Waals surface area contributed by atoms with Gasteiger partial charge in [-0.2, -0.15) is 0 Å². The molecule has 0 aliphatic rings. The molecule has 1 aromatic carbocycles. The number of aromatic nitrogens is 2. The standard InChI is InChI=1S/C13H16N2O2/c1-9-11(8-16)15(2)13(14-9)10-6-4-5-7-12(10)17-3/h4-7,16H,8H2,1-3H3. The molecule has 0 bridgehead atoms. The number of imidazole rings is 1. The van der Waals surface area contributed by atoms with E-state index < -0.39 is 0 Å². The summed E-state index contributed by atoms with van der Waals surface area (Å²) in [6.45, 7) is 1.88. The molecule has 2 rings (SSSR count). The average Bonchev–Trinajstić information content (AvgIpc) is 2.64. The molecule has 0 fully saturated rings. The van der Waals surface area contributed by atoms with Crippen molar-refractivity contribution in [3.63, 3.8) is 0 Å². The van der Waals surface area contributed by atoms with Crippen LogP contribution in [0.3, 0.4) is 0 Å². The van der Waals surface area contributed by atoms with Crippen molar-refractivity contribution in [1.29, 1.82) is 0 Å². The summed E-state index contributed by atoms with van der Waals surface area (Å²) in [5.41, 5.74) is 2.60. The zero-order valence-electron chi connectivity index (χ0n) is 10.3. The number of aliphatic hydroxyl groups is 1. The smallest absolute Gasteiger partial charge is 0.144 e. The Labute approximate surface area is 100 Å². The SMILES string of the molecule is COc1ccccc1-c1nc(C)c(CO)n1C. The Hall–Kier alpha value is -1.81. The molecule has 1 heterocycles. The molecule has 90 valence electrons. The summed E-state index contributed by atoms with van der Waals surface area (Å²) >= 11 is 0. The van der Waals surface area contributed by atoms with Crippen LogP contribution in [0, 0.1) is 6.92 Å². The molecular formula is C13H16N2O2. The second-order valence-electron chi connectivity index (χ2n) is 3.88. The van der Waals surface area contributed by atoms with Crippen LogP contribution in [0.25, 0.3) is 11.4 Å². The maximum absolute atomic E-state index is 9.29. The first kappa shape index (κ1) is 11.7. The highest BCUT2D eigenvalue weighted by Gasteiger charge is 2.15. The molecule has 0 amide bonds. The third-order valence-corrected chi connectivity index (χ3v) is 2.91. The summed E-state index contributed by atoms with van der Waals surface area (Å²) in [6, 6.07) is 7.73. The van der Waals surface area contributed by atoms with E-state index in [2.05, 4.69) is 4.98 Å². The monoisotopic (exact) mass is 232 g/mol. The Bertz CT molecular complexity index is 532. The predicted molar refractivity (Wildman–Crippen MR) is 65.9 cm³/mol. The van der Waals surface area contributed by atoms with Gasteiger partial charge in [0.1, 0.15) is 11.6 Å². The normalized spacial score (nSPS) is 10.6. The molecule has 0 saturated carbocycles. The third-order valence-electron chi connectivity index (χ3n) is 2.91. The molecule has 0 aliphatic heterocycles. The van der Waals surface area contributed by atoms with Gasteiger partial charge in [0, 0.05) is 7.05 Å². The van der Waals surface area contributed by atoms with E-state index in [4.69, 9.17) is 4.74 Å². The molecule has 17 heavy (non-hydrogen) atoms. The molecule has 1 N–H and O–H groups in total. The van der Waals surface area contributed by atoms with Gasteiger partial charge in [-0.15, -0.1) is 0 Å². The van der Waals surface area contributed by atoms with E-state index in [0.717, 1.165) is 28.5 Å². The van der Waals surface area contributed by atoms with Gasteiger partial charge in [0.15, 0.2) is 0 Å². The topological polar surface area (TPSA) is 47.3 Å². The largest absolute Gasteiger partial charge is 0.496 e. The van der Waals surface area contributed by atoms with Crippen LogP contribution in [0.5, 0.6) is 5.75 Å². The molecule has 1 aromatic heterocycles. The molecule has 0 saturated heterocycles. The minimum absolute atomic E-state index is 0.00944. The molecular weight excluding hydrogens is 216 g/mol. The molecule has 0 radical (unpaired) electrons. The van der Waals surface area contributed by atoms with Crippen molar-refractivity contribution in [3.8, 4) is 17.1 Å². The van der Waals surface area contributed by atoms with Crippen LogP contribution >= 0.6 is 0 Å². The molecule has 0 atom stereocenters. The summed E-state index contributed by atoms with van der Waals surface area (Å²) < 4.78 is 7.22. The molecule has 0 unspecified atom stereocenters. The average molecular weight is 232 g/mol. The number of benzene rings is 1. The first-order valence-corrected chi connectivity index (χ1v) is 5.45. The van der Waals surface area contributed by atoms with E-state index in [1.54, 1.807) is 7.11 Å². The molecule has 4 heteroatoms. The summed E-state index contributed by atoms with van der Waals surface area (Å²) in [5.74, 6) is 1.59. The predicted octanol–water partition coefficient (Wildman–Crippen LogP) is 1.90. The maximum Gasteiger partial charge on any atom is 0.144 e. The van der Waals surface area contributed by atoms with E-state index >= 15 is 0 Å². The number of hydrogen-bond donors (Lipinski definition) is 1. The van der Waals surface area contributed by atoms with Gasteiger partial charge in [-0.3, -0.25) is 0 Å². The minimum Gasteiger partial charge on any atom is -0.496 e. The van der Waals surface area contributed by atoms with E-state index in [-0.39, 0.29) is 6.61 Å². The second-order valence-corrected chi connectivity index (χ2v) is 3.88. The van der Waals surface area contributed by atoms with Crippen molar-refractivity contribution in [2.24, 2.45) is 7.05 Å². The van der Waals surface area contributed by atoms with Crippen LogP contribution in [-0.2, 0) is 13.7 Å². The zero-order chi connectivity index (χ0) is 12.4. The van der Waals surface area contributed by atoms with E-state index in [1.807, 2.05) is 42.8 Å². The van der Waals surface area contributed by atoms with Gasteiger partial charge in [-0.25, -0.2) is 4.98 Å². The Morgan fingerprint density at radius 2 is 2.06 bits per heavy atom. The van der Waals surface area contributed by atoms with Crippen LogP contribution in [0.15, 0.2) is 24.3 Å². The minimum atomic E-state index is -0.00944. The fourth-order valence-electron chi connectivity index (χ4n) is 1.96. The second kappa shape index (κ2) is 4.59. The van der Waals surface area contributed by atoms with Crippen LogP contribution < -0.4 is 4.74 Å². The number of para-hydroxylation sites is 1. The van der Waals surface area contributed by atoms with Gasteiger partial charge in [0.05, 0.1) is 30.7 Å². The fourth-order valence-corrected chi connectivity index (χ4v) is 1.96. The Morgan fingerprint density at radius 3 is 2.65 bits per heavy atom. The number of aliphatic hydroxyl groups excluding tert-OH is 1. The zero-order valence-corrected chi connectivity index (χ0v) is 10.3. The first-order chi connectivity index (χ1) is 8.19. The van der Waals surface area contributed by atoms with E-state index in [0.29, 0.717) is 0 Å². The number of ether oxygens (including phenoxy) is 1. The maximum atomic E-state index is 9.29. The van der Waals surface area contributed by atoms with Crippen molar-refractivity contribution in [1.82, 2.24) is 9.55 Å². The summed E-state index contributed by atoms with van der Waals surface area (Å²) in [4.78, 5) is 4.48. The van der Waals surface area contributed by atoms with Crippen molar-refractivity contribution < 1.29 is 9.84 Å². The highest BCUT2D eigenvalue weighted by Crippen LogP contribution is 2.29. The number of rotatable bonds is 3. The van der Waals surface area contributed by atoms with E-state index in [9.17, 15) is 5.11 Å². The lowest BCUT2D eigenvalue weighted by atomic mass is 10.2. The van der Waals surface area contributed by atoms with Crippen LogP contribution in [-0.4, -0.2) is 21.8 Å². The van der Waals surface area contributed by atoms with E-state index in [1.165, 1.54) is 0 Å². The van der Waals surface area contributed by atoms with Gasteiger partial charge in [0.2, 0.25) is 0 Å². The summed E-state index contributed by atoms with van der Waals surface area (Å²) in [5, 5.41) is 9.29. The van der Waals surface area contributed by atoms with Gasteiger partial charge in [-0.05, 0) is 19.1 Å². The quantitative estimate of drug-likeness (QED) is 0.879. The van der Waals surface area contributed by atoms with Crippen LogP contribution in [0.2, 0.25) is 0 Å². The molecule has 0 spiro atoms. The van der Waals surface area contributed by atoms with Crippen LogP contribution in [0.4, 0.5) is 0 Å². The fraction of sp³-hybridized carbons (Fsp3) is 0.308. The van der Waals surface area contributed by atoms with Crippen molar-refractivity contribution in [3.05, 3.63) is 35.7 Å². The summed E-state index contributed by atoms with van der Waals surface area (Å²) in [7, 11) is 3.54. The lowest BCUT2D eigenvalue weighted by molar-refractivity contribution is 0.272. The number of hydrogen-bond acceptors (Lipinski definition) is 3. The van der Waals surface area contributed by atoms with Gasteiger partial charge >= 0.3 is 0 Å². The Kier molecular flexibility index (Phi) is 3.15. The van der Waals surface area contributed by atoms with Gasteiger partial charge in [-0.1, -0.05) is 12.1 Å². The van der Waals surface area contributed by atoms with Crippen molar-refractivity contribution >= 4 is 0 Å². The Balaban J connectivity index is 2.61.